The Morgan fingerprint density at radius 3 is 2.50 bits per heavy atom. The molecule has 0 bridgehead atoms. The van der Waals surface area contributed by atoms with E-state index >= 15 is 0 Å². The molecular formula is C20H30O4. The van der Waals surface area contributed by atoms with Crippen molar-refractivity contribution in [2.45, 2.75) is 46.3 Å². The van der Waals surface area contributed by atoms with E-state index < -0.39 is 6.10 Å². The summed E-state index contributed by atoms with van der Waals surface area (Å²) in [6.07, 6.45) is 2.41. The number of rotatable bonds is 10. The summed E-state index contributed by atoms with van der Waals surface area (Å²) in [5.74, 6) is -0.270. The number of ether oxygens (including phenoxy) is 2. The fourth-order valence-electron chi connectivity index (χ4n) is 2.70. The topological polar surface area (TPSA) is 55.8 Å². The summed E-state index contributed by atoms with van der Waals surface area (Å²) in [4.78, 5) is 11.3. The summed E-state index contributed by atoms with van der Waals surface area (Å²) in [6, 6.07) is 9.99. The molecule has 134 valence electrons. The zero-order valence-electron chi connectivity index (χ0n) is 15.2. The lowest BCUT2D eigenvalue weighted by molar-refractivity contribution is -0.139. The fraction of sp³-hybridized carbons (Fsp3) is 0.550. The van der Waals surface area contributed by atoms with Crippen LogP contribution in [0, 0.1) is 11.8 Å². The monoisotopic (exact) mass is 334 g/mol. The van der Waals surface area contributed by atoms with E-state index in [9.17, 15) is 9.90 Å². The first-order valence-electron chi connectivity index (χ1n) is 8.55. The predicted octanol–water partition coefficient (Wildman–Crippen LogP) is 3.74. The number of aliphatic hydroxyl groups excluding tert-OH is 1. The molecule has 4 heteroatoms. The van der Waals surface area contributed by atoms with Crippen LogP contribution in [0.15, 0.2) is 42.0 Å². The fourth-order valence-corrected chi connectivity index (χ4v) is 2.70. The van der Waals surface area contributed by atoms with E-state index in [0.29, 0.717) is 13.2 Å². The Labute approximate surface area is 145 Å². The molecule has 0 radical (unpaired) electrons. The molecule has 0 spiro atoms. The lowest BCUT2D eigenvalue weighted by Crippen LogP contribution is -2.30. The number of carbonyl (C=O) groups is 1. The zero-order chi connectivity index (χ0) is 17.9. The average molecular weight is 334 g/mol. The minimum absolute atomic E-state index is 0.0109. The maximum Gasteiger partial charge on any atom is 0.309 e. The Morgan fingerprint density at radius 2 is 1.92 bits per heavy atom. The summed E-state index contributed by atoms with van der Waals surface area (Å²) in [7, 11) is 1.38. The molecule has 1 rings (SSSR count). The molecule has 1 aromatic rings. The first-order valence-corrected chi connectivity index (χ1v) is 8.55. The van der Waals surface area contributed by atoms with Gasteiger partial charge in [0.1, 0.15) is 0 Å². The standard InChI is InChI=1S/C20H30O4/c1-5-18(11-12-19(21)23-4)16(3)20(22)15(2)13-24-14-17-9-7-6-8-10-17/h6-11,15-16,20,22H,5,12-14H2,1-4H3/b18-11+/t15-,16+,20-/m1/s1. The zero-order valence-corrected chi connectivity index (χ0v) is 15.2. The molecule has 4 nitrogen and oxygen atoms in total. The van der Waals surface area contributed by atoms with Crippen LogP contribution in [0.3, 0.4) is 0 Å². The summed E-state index contributed by atoms with van der Waals surface area (Å²) < 4.78 is 10.4. The highest BCUT2D eigenvalue weighted by Crippen LogP contribution is 2.24. The minimum atomic E-state index is -0.510. The average Bonchev–Trinajstić information content (AvgIpc) is 2.61. The molecule has 0 saturated heterocycles. The molecule has 0 aliphatic carbocycles. The van der Waals surface area contributed by atoms with E-state index in [4.69, 9.17) is 4.74 Å². The van der Waals surface area contributed by atoms with E-state index in [-0.39, 0.29) is 24.2 Å². The van der Waals surface area contributed by atoms with Crippen molar-refractivity contribution in [3.63, 3.8) is 0 Å². The van der Waals surface area contributed by atoms with Crippen molar-refractivity contribution in [1.29, 1.82) is 0 Å². The summed E-state index contributed by atoms with van der Waals surface area (Å²) in [6.45, 7) is 7.05. The Hall–Kier alpha value is -1.65. The van der Waals surface area contributed by atoms with E-state index in [1.165, 1.54) is 7.11 Å². The highest BCUT2D eigenvalue weighted by Gasteiger charge is 2.23. The second kappa shape index (κ2) is 11.0. The number of benzene rings is 1. The Balaban J connectivity index is 2.49. The Morgan fingerprint density at radius 1 is 1.25 bits per heavy atom. The van der Waals surface area contributed by atoms with Gasteiger partial charge in [0, 0.05) is 11.8 Å². The van der Waals surface area contributed by atoms with Gasteiger partial charge in [-0.15, -0.1) is 0 Å². The van der Waals surface area contributed by atoms with Gasteiger partial charge in [0.2, 0.25) is 0 Å². The number of aliphatic hydroxyl groups is 1. The quantitative estimate of drug-likeness (QED) is 0.523. The van der Waals surface area contributed by atoms with Crippen molar-refractivity contribution < 1.29 is 19.4 Å². The summed E-state index contributed by atoms with van der Waals surface area (Å²) in [5, 5.41) is 10.6. The van der Waals surface area contributed by atoms with Gasteiger partial charge in [0.25, 0.3) is 0 Å². The van der Waals surface area contributed by atoms with Gasteiger partial charge in [-0.1, -0.05) is 62.8 Å². The molecule has 24 heavy (non-hydrogen) atoms. The van der Waals surface area contributed by atoms with Gasteiger partial charge in [0.05, 0.1) is 32.8 Å². The van der Waals surface area contributed by atoms with Crippen LogP contribution in [0.4, 0.5) is 0 Å². The molecule has 0 aliphatic heterocycles. The largest absolute Gasteiger partial charge is 0.469 e. The number of methoxy groups -OCH3 is 1. The molecule has 0 saturated carbocycles. The molecule has 3 atom stereocenters. The molecule has 1 aromatic carbocycles. The third-order valence-corrected chi connectivity index (χ3v) is 4.34. The second-order valence-corrected chi connectivity index (χ2v) is 6.17. The van der Waals surface area contributed by atoms with Crippen LogP contribution in [0.1, 0.15) is 39.2 Å². The summed E-state index contributed by atoms with van der Waals surface area (Å²) in [5.41, 5.74) is 2.20. The minimum Gasteiger partial charge on any atom is -0.469 e. The van der Waals surface area contributed by atoms with Gasteiger partial charge in [0.15, 0.2) is 0 Å². The van der Waals surface area contributed by atoms with Crippen LogP contribution in [0.5, 0.6) is 0 Å². The maximum atomic E-state index is 11.3. The first kappa shape index (κ1) is 20.4. The van der Waals surface area contributed by atoms with Crippen LogP contribution in [-0.2, 0) is 20.9 Å². The van der Waals surface area contributed by atoms with Gasteiger partial charge in [-0.05, 0) is 12.0 Å². The second-order valence-electron chi connectivity index (χ2n) is 6.17. The van der Waals surface area contributed by atoms with Gasteiger partial charge in [-0.2, -0.15) is 0 Å². The van der Waals surface area contributed by atoms with Gasteiger partial charge < -0.3 is 14.6 Å². The molecule has 0 unspecified atom stereocenters. The van der Waals surface area contributed by atoms with Crippen molar-refractivity contribution in [1.82, 2.24) is 0 Å². The molecule has 0 aromatic heterocycles. The number of carbonyl (C=O) groups excluding carboxylic acids is 1. The predicted molar refractivity (Wildman–Crippen MR) is 95.4 cm³/mol. The van der Waals surface area contributed by atoms with Crippen LogP contribution in [0.25, 0.3) is 0 Å². The van der Waals surface area contributed by atoms with Gasteiger partial charge >= 0.3 is 5.97 Å². The van der Waals surface area contributed by atoms with Crippen molar-refractivity contribution in [3.05, 3.63) is 47.5 Å². The molecular weight excluding hydrogens is 304 g/mol. The molecule has 0 amide bonds. The molecule has 0 fully saturated rings. The normalized spacial score (nSPS) is 15.6. The summed E-state index contributed by atoms with van der Waals surface area (Å²) >= 11 is 0. The highest BCUT2D eigenvalue weighted by molar-refractivity contribution is 5.71. The molecule has 0 heterocycles. The smallest absolute Gasteiger partial charge is 0.309 e. The molecule has 1 N–H and O–H groups in total. The number of hydrogen-bond donors (Lipinski definition) is 1. The van der Waals surface area contributed by atoms with Gasteiger partial charge in [-0.3, -0.25) is 4.79 Å². The SMILES string of the molecule is CC/C(=C\CC(=O)OC)[C@H](C)[C@H](O)[C@H](C)COCc1ccccc1. The maximum absolute atomic E-state index is 11.3. The third kappa shape index (κ3) is 6.85. The number of esters is 1. The molecule has 0 aliphatic rings. The van der Waals surface area contributed by atoms with Crippen LogP contribution in [0.2, 0.25) is 0 Å². The van der Waals surface area contributed by atoms with Crippen molar-refractivity contribution >= 4 is 5.97 Å². The van der Waals surface area contributed by atoms with Crippen molar-refractivity contribution in [2.75, 3.05) is 13.7 Å². The van der Waals surface area contributed by atoms with E-state index in [1.807, 2.05) is 57.2 Å². The van der Waals surface area contributed by atoms with E-state index in [1.54, 1.807) is 0 Å². The third-order valence-electron chi connectivity index (χ3n) is 4.34. The lowest BCUT2D eigenvalue weighted by atomic mass is 9.86. The van der Waals surface area contributed by atoms with Gasteiger partial charge in [-0.25, -0.2) is 0 Å². The van der Waals surface area contributed by atoms with Crippen LogP contribution >= 0.6 is 0 Å². The van der Waals surface area contributed by atoms with Crippen molar-refractivity contribution in [2.24, 2.45) is 11.8 Å². The van der Waals surface area contributed by atoms with Crippen LogP contribution in [-0.4, -0.2) is 30.9 Å². The lowest BCUT2D eigenvalue weighted by Gasteiger charge is -2.26. The first-order chi connectivity index (χ1) is 11.5. The highest BCUT2D eigenvalue weighted by atomic mass is 16.5. The Bertz CT molecular complexity index is 510. The van der Waals surface area contributed by atoms with Crippen LogP contribution < -0.4 is 0 Å². The number of hydrogen-bond acceptors (Lipinski definition) is 4. The Kier molecular flexibility index (Phi) is 9.35. The van der Waals surface area contributed by atoms with E-state index in [2.05, 4.69) is 4.74 Å². The van der Waals surface area contributed by atoms with E-state index in [0.717, 1.165) is 17.6 Å². The van der Waals surface area contributed by atoms with Crippen molar-refractivity contribution in [3.8, 4) is 0 Å².